The number of hydrogen-bond acceptors (Lipinski definition) is 8. The number of anilines is 4. The number of nitrogens with one attached hydrogen (secondary N) is 2. The fraction of sp³-hybridized carbons (Fsp3) is 0.0455. The number of para-hydroxylation sites is 2. The van der Waals surface area contributed by atoms with Crippen molar-refractivity contribution in [3.63, 3.8) is 0 Å². The van der Waals surface area contributed by atoms with Gasteiger partial charge < -0.3 is 16.4 Å². The van der Waals surface area contributed by atoms with Crippen LogP contribution in [0.1, 0.15) is 21.2 Å². The Kier molecular flexibility index (Phi) is 5.77. The van der Waals surface area contributed by atoms with Crippen molar-refractivity contribution in [3.05, 3.63) is 72.3 Å². The molecule has 4 rings (SSSR count). The van der Waals surface area contributed by atoms with Gasteiger partial charge in [-0.05, 0) is 31.2 Å². The molecule has 1 amide bonds. The lowest BCUT2D eigenvalue weighted by Gasteiger charge is -2.07. The molecule has 0 atom stereocenters. The van der Waals surface area contributed by atoms with E-state index in [1.165, 1.54) is 17.5 Å². The van der Waals surface area contributed by atoms with E-state index in [0.29, 0.717) is 38.9 Å². The third kappa shape index (κ3) is 4.12. The zero-order valence-electron chi connectivity index (χ0n) is 17.2. The van der Waals surface area contributed by atoms with Crippen LogP contribution >= 0.6 is 11.3 Å². The van der Waals surface area contributed by atoms with Crippen molar-refractivity contribution in [1.29, 1.82) is 0 Å². The van der Waals surface area contributed by atoms with Crippen LogP contribution in [-0.2, 0) is 0 Å². The molecule has 0 saturated carbocycles. The molecule has 0 fully saturated rings. The number of nitrogens with two attached hydrogens (primary N) is 1. The highest BCUT2D eigenvalue weighted by Crippen LogP contribution is 2.27. The molecule has 0 aliphatic heterocycles. The molecule has 0 radical (unpaired) electrons. The third-order valence-electron chi connectivity index (χ3n) is 4.53. The Hall–Kier alpha value is -4.31. The van der Waals surface area contributed by atoms with Gasteiger partial charge in [0.15, 0.2) is 5.13 Å². The Morgan fingerprint density at radius 3 is 2.75 bits per heavy atom. The molecular formula is C22H20N8OS. The van der Waals surface area contributed by atoms with Gasteiger partial charge in [-0.25, -0.2) is 19.9 Å². The van der Waals surface area contributed by atoms with Crippen LogP contribution in [0.5, 0.6) is 0 Å². The van der Waals surface area contributed by atoms with Crippen LogP contribution < -0.4 is 16.4 Å². The predicted molar refractivity (Wildman–Crippen MR) is 129 cm³/mol. The molecule has 4 aromatic rings. The van der Waals surface area contributed by atoms with E-state index in [-0.39, 0.29) is 5.91 Å². The first kappa shape index (κ1) is 20.9. The van der Waals surface area contributed by atoms with E-state index >= 15 is 0 Å². The minimum Gasteiger partial charge on any atom is -0.397 e. The van der Waals surface area contributed by atoms with Crippen molar-refractivity contribution in [1.82, 2.24) is 24.5 Å². The Morgan fingerprint density at radius 2 is 2.00 bits per heavy atom. The lowest BCUT2D eigenvalue weighted by molar-refractivity contribution is 0.103. The van der Waals surface area contributed by atoms with Crippen LogP contribution in [0.2, 0.25) is 0 Å². The summed E-state index contributed by atoms with van der Waals surface area (Å²) >= 11 is 1.18. The van der Waals surface area contributed by atoms with Gasteiger partial charge in [0.1, 0.15) is 10.7 Å². The molecule has 0 bridgehead atoms. The number of amides is 1. The minimum absolute atomic E-state index is 0.300. The summed E-state index contributed by atoms with van der Waals surface area (Å²) in [4.78, 5) is 30.5. The second-order valence-electron chi connectivity index (χ2n) is 6.62. The van der Waals surface area contributed by atoms with Crippen LogP contribution in [0.3, 0.4) is 0 Å². The van der Waals surface area contributed by atoms with Gasteiger partial charge in [-0.1, -0.05) is 36.6 Å². The zero-order valence-corrected chi connectivity index (χ0v) is 18.1. The molecule has 160 valence electrons. The number of imidazole rings is 1. The van der Waals surface area contributed by atoms with E-state index in [2.05, 4.69) is 43.7 Å². The van der Waals surface area contributed by atoms with E-state index < -0.39 is 0 Å². The summed E-state index contributed by atoms with van der Waals surface area (Å²) < 4.78 is 1.82. The highest BCUT2D eigenvalue weighted by molar-refractivity contribution is 7.17. The van der Waals surface area contributed by atoms with E-state index in [9.17, 15) is 4.79 Å². The van der Waals surface area contributed by atoms with Gasteiger partial charge in [0.05, 0.1) is 34.7 Å². The minimum atomic E-state index is -0.300. The first-order valence-corrected chi connectivity index (χ1v) is 10.4. The average molecular weight is 445 g/mol. The molecular weight excluding hydrogens is 424 g/mol. The number of benzene rings is 1. The molecule has 10 heteroatoms. The molecule has 32 heavy (non-hydrogen) atoms. The van der Waals surface area contributed by atoms with E-state index in [4.69, 9.17) is 5.73 Å². The summed E-state index contributed by atoms with van der Waals surface area (Å²) in [5.74, 6) is 0.716. The van der Waals surface area contributed by atoms with Gasteiger partial charge in [-0.2, -0.15) is 0 Å². The molecule has 0 aliphatic rings. The van der Waals surface area contributed by atoms with Crippen molar-refractivity contribution in [3.8, 4) is 11.4 Å². The van der Waals surface area contributed by atoms with Crippen molar-refractivity contribution in [2.45, 2.75) is 6.92 Å². The smallest absolute Gasteiger partial charge is 0.267 e. The molecule has 3 aromatic heterocycles. The van der Waals surface area contributed by atoms with Crippen LogP contribution in [0.15, 0.2) is 55.9 Å². The number of nitrogen functional groups attached to an aromatic ring is 1. The number of carbonyl (C=O) groups is 1. The maximum Gasteiger partial charge on any atom is 0.267 e. The molecule has 0 unspecified atom stereocenters. The van der Waals surface area contributed by atoms with Crippen molar-refractivity contribution >= 4 is 52.0 Å². The van der Waals surface area contributed by atoms with Crippen LogP contribution in [0.4, 0.5) is 22.5 Å². The van der Waals surface area contributed by atoms with Crippen molar-refractivity contribution in [2.24, 2.45) is 0 Å². The Labute approximate surface area is 188 Å². The number of hydrogen-bond donors (Lipinski definition) is 3. The number of carbonyl (C=O) groups excluding carboxylic acids is 1. The standard InChI is InChI=1S/C22H20N8OS/c1-4-18-26-13(3)19(30(18)5-2)16-10-11-24-21(28-16)29-22-25-12-17(32-22)20(31)27-15-9-7-6-8-14(15)23/h4-12H,1-2,23H2,3H3,(H,27,31)(H,24,25,28,29). The van der Waals surface area contributed by atoms with E-state index in [0.717, 1.165) is 11.4 Å². The summed E-state index contributed by atoms with van der Waals surface area (Å²) in [6, 6.07) is 8.84. The van der Waals surface area contributed by atoms with Crippen LogP contribution in [0, 0.1) is 6.92 Å². The Bertz CT molecular complexity index is 1320. The molecule has 0 spiro atoms. The third-order valence-corrected chi connectivity index (χ3v) is 5.44. The topological polar surface area (TPSA) is 124 Å². The maximum atomic E-state index is 12.5. The van der Waals surface area contributed by atoms with Gasteiger partial charge in [0.25, 0.3) is 5.91 Å². The SMILES string of the molecule is C=Cc1nc(C)c(-c2ccnc(Nc3ncc(C(=O)Nc4ccccc4N)s3)n2)n1C=C. The van der Waals surface area contributed by atoms with Gasteiger partial charge in [-0.15, -0.1) is 0 Å². The summed E-state index contributed by atoms with van der Waals surface area (Å²) in [6.07, 6.45) is 6.44. The predicted octanol–water partition coefficient (Wildman–Crippen LogP) is 4.43. The Balaban J connectivity index is 1.54. The normalized spacial score (nSPS) is 10.5. The number of aromatic nitrogens is 5. The summed E-state index contributed by atoms with van der Waals surface area (Å²) in [6.45, 7) is 9.52. The van der Waals surface area contributed by atoms with E-state index in [1.54, 1.807) is 48.8 Å². The first-order chi connectivity index (χ1) is 15.5. The molecule has 9 nitrogen and oxygen atoms in total. The highest BCUT2D eigenvalue weighted by atomic mass is 32.1. The molecule has 1 aromatic carbocycles. The first-order valence-electron chi connectivity index (χ1n) is 9.56. The highest BCUT2D eigenvalue weighted by Gasteiger charge is 2.16. The fourth-order valence-electron chi connectivity index (χ4n) is 3.08. The largest absolute Gasteiger partial charge is 0.397 e. The molecule has 0 aliphatic carbocycles. The second kappa shape index (κ2) is 8.82. The summed E-state index contributed by atoms with van der Waals surface area (Å²) in [5.41, 5.74) is 9.16. The van der Waals surface area contributed by atoms with Gasteiger partial charge >= 0.3 is 0 Å². The van der Waals surface area contributed by atoms with Crippen LogP contribution in [0.25, 0.3) is 23.7 Å². The monoisotopic (exact) mass is 444 g/mol. The molecule has 3 heterocycles. The number of aryl methyl sites for hydroxylation is 1. The van der Waals surface area contributed by atoms with Crippen molar-refractivity contribution in [2.75, 3.05) is 16.4 Å². The number of nitrogens with zero attached hydrogens (tertiary/aromatic N) is 5. The summed E-state index contributed by atoms with van der Waals surface area (Å²) in [5, 5.41) is 6.31. The summed E-state index contributed by atoms with van der Waals surface area (Å²) in [7, 11) is 0. The molecule has 0 saturated heterocycles. The zero-order chi connectivity index (χ0) is 22.7. The van der Waals surface area contributed by atoms with Gasteiger partial charge in [0.2, 0.25) is 5.95 Å². The molecule has 4 N–H and O–H groups in total. The number of thiazole rings is 1. The quantitative estimate of drug-likeness (QED) is 0.360. The lowest BCUT2D eigenvalue weighted by atomic mass is 10.2. The lowest BCUT2D eigenvalue weighted by Crippen LogP contribution is -2.11. The van der Waals surface area contributed by atoms with Gasteiger partial charge in [0, 0.05) is 12.4 Å². The van der Waals surface area contributed by atoms with Crippen LogP contribution in [-0.4, -0.2) is 30.4 Å². The second-order valence-corrected chi connectivity index (χ2v) is 7.65. The van der Waals surface area contributed by atoms with Gasteiger partial charge in [-0.3, -0.25) is 9.36 Å². The maximum absolute atomic E-state index is 12.5. The Morgan fingerprint density at radius 1 is 1.19 bits per heavy atom. The fourth-order valence-corrected chi connectivity index (χ4v) is 3.79. The van der Waals surface area contributed by atoms with E-state index in [1.807, 2.05) is 11.5 Å². The number of rotatable bonds is 7. The van der Waals surface area contributed by atoms with Crippen molar-refractivity contribution < 1.29 is 4.79 Å². The average Bonchev–Trinajstić information content (AvgIpc) is 3.39.